The van der Waals surface area contributed by atoms with Crippen LogP contribution in [0.25, 0.3) is 10.8 Å². The third-order valence-corrected chi connectivity index (χ3v) is 10.4. The average Bonchev–Trinajstić information content (AvgIpc) is 2.60. The number of nitrogens with zero attached hydrogens (tertiary/aromatic N) is 3. The Hall–Kier alpha value is -1.85. The second-order valence-electron chi connectivity index (χ2n) is 7.81. The molecule has 7 heteroatoms. The van der Waals surface area contributed by atoms with E-state index in [2.05, 4.69) is 14.0 Å². The van der Waals surface area contributed by atoms with E-state index in [1.54, 1.807) is 0 Å². The third kappa shape index (κ3) is 2.96. The highest BCUT2D eigenvalue weighted by Crippen LogP contribution is 2.77. The number of hydrogen-bond acceptors (Lipinski definition) is 6. The predicted molar refractivity (Wildman–Crippen MR) is 114 cm³/mol. The highest BCUT2D eigenvalue weighted by molar-refractivity contribution is 7.69. The summed E-state index contributed by atoms with van der Waals surface area (Å²) in [6.07, 6.45) is 0. The van der Waals surface area contributed by atoms with Crippen molar-refractivity contribution in [3.63, 3.8) is 0 Å². The Morgan fingerprint density at radius 1 is 0.929 bits per heavy atom. The van der Waals surface area contributed by atoms with E-state index < -0.39 is 19.6 Å². The lowest BCUT2D eigenvalue weighted by Gasteiger charge is -2.47. The molecular formula is C21H29N3O3P+. The van der Waals surface area contributed by atoms with Gasteiger partial charge in [-0.1, -0.05) is 30.3 Å². The van der Waals surface area contributed by atoms with Gasteiger partial charge in [0.05, 0.1) is 0 Å². The first-order valence-electron chi connectivity index (χ1n) is 9.30. The van der Waals surface area contributed by atoms with Gasteiger partial charge in [-0.15, -0.1) is 0 Å². The zero-order chi connectivity index (χ0) is 20.8. The smallest absolute Gasteiger partial charge is 0.326 e. The third-order valence-electron chi connectivity index (χ3n) is 5.58. The minimum atomic E-state index is -2.29. The summed E-state index contributed by atoms with van der Waals surface area (Å²) in [5, 5.41) is 2.10. The van der Waals surface area contributed by atoms with Crippen molar-refractivity contribution < 1.29 is 14.3 Å². The number of esters is 1. The fourth-order valence-electron chi connectivity index (χ4n) is 4.72. The molecule has 2 unspecified atom stereocenters. The Morgan fingerprint density at radius 2 is 1.50 bits per heavy atom. The minimum absolute atomic E-state index is 0.163. The summed E-state index contributed by atoms with van der Waals surface area (Å²) >= 11 is 0. The first-order valence-corrected chi connectivity index (χ1v) is 11.0. The van der Waals surface area contributed by atoms with Gasteiger partial charge in [0, 0.05) is 47.8 Å². The van der Waals surface area contributed by atoms with Crippen LogP contribution in [0.3, 0.4) is 0 Å². The van der Waals surface area contributed by atoms with Crippen molar-refractivity contribution in [2.24, 2.45) is 5.92 Å². The zero-order valence-corrected chi connectivity index (χ0v) is 18.5. The maximum absolute atomic E-state index is 13.0. The van der Waals surface area contributed by atoms with E-state index in [9.17, 15) is 9.59 Å². The van der Waals surface area contributed by atoms with Gasteiger partial charge in [-0.05, 0) is 23.8 Å². The van der Waals surface area contributed by atoms with Crippen molar-refractivity contribution >= 4 is 30.2 Å². The largest absolute Gasteiger partial charge is 0.425 e. The van der Waals surface area contributed by atoms with E-state index in [-0.39, 0.29) is 11.4 Å². The van der Waals surface area contributed by atoms with Crippen molar-refractivity contribution in [3.8, 4) is 5.75 Å². The van der Waals surface area contributed by atoms with Gasteiger partial charge in [0.1, 0.15) is 11.5 Å². The van der Waals surface area contributed by atoms with Crippen LogP contribution in [0.1, 0.15) is 18.1 Å². The number of carbonyl (C=O) groups excluding carboxylic acids is 2. The number of carbonyl (C=O) groups is 2. The number of rotatable bonds is 5. The molecule has 1 heterocycles. The number of ketones is 1. The van der Waals surface area contributed by atoms with Crippen molar-refractivity contribution in [2.45, 2.75) is 12.6 Å². The molecule has 0 fully saturated rings. The molecule has 150 valence electrons. The summed E-state index contributed by atoms with van der Waals surface area (Å²) in [5.74, 6) is -0.918. The zero-order valence-electron chi connectivity index (χ0n) is 17.6. The summed E-state index contributed by atoms with van der Waals surface area (Å²) in [6, 6.07) is 11.9. The number of Topliss-reactive ketones (excluding diaryl/α,β-unsaturated/α-hetero) is 1. The van der Waals surface area contributed by atoms with Gasteiger partial charge < -0.3 is 4.74 Å². The van der Waals surface area contributed by atoms with Crippen LogP contribution in [0.15, 0.2) is 36.4 Å². The van der Waals surface area contributed by atoms with Gasteiger partial charge in [0.2, 0.25) is 7.71 Å². The van der Waals surface area contributed by atoms with Crippen LogP contribution in [0.4, 0.5) is 0 Å². The molecule has 2 atom stereocenters. The number of fused-ring (bicyclic) bond motifs is 3. The molecule has 0 aromatic heterocycles. The van der Waals surface area contributed by atoms with E-state index in [1.165, 1.54) is 6.92 Å². The molecule has 3 rings (SSSR count). The number of benzene rings is 2. The van der Waals surface area contributed by atoms with E-state index in [0.29, 0.717) is 5.75 Å². The van der Waals surface area contributed by atoms with Crippen LogP contribution in [0.2, 0.25) is 0 Å². The maximum atomic E-state index is 13.0. The highest BCUT2D eigenvalue weighted by Gasteiger charge is 2.64. The van der Waals surface area contributed by atoms with Gasteiger partial charge in [-0.2, -0.15) is 14.0 Å². The molecule has 1 aliphatic rings. The van der Waals surface area contributed by atoms with Crippen molar-refractivity contribution in [1.82, 2.24) is 14.0 Å². The van der Waals surface area contributed by atoms with Crippen LogP contribution >= 0.6 is 7.71 Å². The van der Waals surface area contributed by atoms with Crippen molar-refractivity contribution in [2.75, 3.05) is 42.3 Å². The Bertz CT molecular complexity index is 904. The van der Waals surface area contributed by atoms with E-state index >= 15 is 0 Å². The van der Waals surface area contributed by atoms with Crippen LogP contribution in [0, 0.1) is 5.92 Å². The van der Waals surface area contributed by atoms with Crippen molar-refractivity contribution in [3.05, 3.63) is 42.0 Å². The molecule has 0 saturated heterocycles. The minimum Gasteiger partial charge on any atom is -0.425 e. The normalized spacial score (nSPS) is 20.0. The quantitative estimate of drug-likeness (QED) is 0.331. The SMILES string of the molecule is CC(=O)C1C(=O)Oc2ccc3ccccc3c2C1[P+](N(C)C)(N(C)C)N(C)C. The average molecular weight is 402 g/mol. The lowest BCUT2D eigenvalue weighted by molar-refractivity contribution is -0.144. The fraction of sp³-hybridized carbons (Fsp3) is 0.429. The highest BCUT2D eigenvalue weighted by atomic mass is 31.2. The van der Waals surface area contributed by atoms with E-state index in [4.69, 9.17) is 4.74 Å². The summed E-state index contributed by atoms with van der Waals surface area (Å²) in [5.41, 5.74) is 0.620. The molecular weight excluding hydrogens is 373 g/mol. The molecule has 1 aliphatic heterocycles. The molecule has 6 nitrogen and oxygen atoms in total. The van der Waals surface area contributed by atoms with Crippen LogP contribution in [0.5, 0.6) is 5.75 Å². The molecule has 0 saturated carbocycles. The second-order valence-corrected chi connectivity index (χ2v) is 12.0. The van der Waals surface area contributed by atoms with E-state index in [1.807, 2.05) is 78.7 Å². The Kier molecular flexibility index (Phi) is 5.61. The first-order chi connectivity index (χ1) is 13.1. The van der Waals surface area contributed by atoms with Gasteiger partial charge in [-0.3, -0.25) is 9.59 Å². The topological polar surface area (TPSA) is 53.1 Å². The summed E-state index contributed by atoms with van der Waals surface area (Å²) in [7, 11) is 9.85. The summed E-state index contributed by atoms with van der Waals surface area (Å²) in [6.45, 7) is 1.49. The monoisotopic (exact) mass is 402 g/mol. The molecule has 0 bridgehead atoms. The van der Waals surface area contributed by atoms with Crippen molar-refractivity contribution in [1.29, 1.82) is 0 Å². The summed E-state index contributed by atoms with van der Waals surface area (Å²) < 4.78 is 12.2. The predicted octanol–water partition coefficient (Wildman–Crippen LogP) is 3.45. The van der Waals surface area contributed by atoms with Gasteiger partial charge in [0.25, 0.3) is 0 Å². The van der Waals surface area contributed by atoms with Gasteiger partial charge in [0.15, 0.2) is 11.6 Å². The lowest BCUT2D eigenvalue weighted by atomic mass is 9.89. The van der Waals surface area contributed by atoms with Crippen LogP contribution < -0.4 is 4.74 Å². The standard InChI is InChI=1S/C21H29N3O3P/c1-14(25)18-20(28(22(2)3,23(4)5)24(6)7)19-16-11-9-8-10-15(16)12-13-17(19)27-21(18)26/h8-13,18,20H,1-7H3/q+1. The second kappa shape index (κ2) is 7.53. The first kappa shape index (κ1) is 20.9. The molecule has 0 radical (unpaired) electrons. The maximum Gasteiger partial charge on any atom is 0.326 e. The van der Waals surface area contributed by atoms with Gasteiger partial charge in [-0.25, -0.2) is 0 Å². The molecule has 0 aliphatic carbocycles. The number of ether oxygens (including phenoxy) is 1. The van der Waals surface area contributed by atoms with E-state index in [0.717, 1.165) is 16.3 Å². The number of hydrogen-bond donors (Lipinski definition) is 0. The molecule has 2 aromatic rings. The molecule has 28 heavy (non-hydrogen) atoms. The Morgan fingerprint density at radius 3 is 2.04 bits per heavy atom. The Balaban J connectivity index is 2.46. The lowest BCUT2D eigenvalue weighted by Crippen LogP contribution is -2.47. The molecule has 0 spiro atoms. The van der Waals surface area contributed by atoms with Crippen LogP contribution in [-0.2, 0) is 9.59 Å². The summed E-state index contributed by atoms with van der Waals surface area (Å²) in [4.78, 5) is 25.7. The molecule has 0 N–H and O–H groups in total. The Labute approximate surface area is 167 Å². The fourth-order valence-corrected chi connectivity index (χ4v) is 9.70. The molecule has 2 aromatic carbocycles. The molecule has 0 amide bonds. The van der Waals surface area contributed by atoms with Gasteiger partial charge >= 0.3 is 5.97 Å². The van der Waals surface area contributed by atoms with Crippen LogP contribution in [-0.4, -0.2) is 68.0 Å².